The molecule has 7 heteroatoms. The molecule has 6 nitrogen and oxygen atoms in total. The van der Waals surface area contributed by atoms with Crippen LogP contribution in [0.2, 0.25) is 5.02 Å². The van der Waals surface area contributed by atoms with E-state index in [4.69, 9.17) is 16.7 Å². The van der Waals surface area contributed by atoms with Crippen LogP contribution in [0, 0.1) is 0 Å². The number of unbranched alkanes of at least 4 members (excludes halogenated alkanes) is 9. The van der Waals surface area contributed by atoms with Gasteiger partial charge in [0.1, 0.15) is 0 Å². The number of rotatable bonds is 17. The molecule has 2 aliphatic rings. The Morgan fingerprint density at radius 3 is 1.79 bits per heavy atom. The first-order valence-electron chi connectivity index (χ1n) is 21.1. The van der Waals surface area contributed by atoms with E-state index in [1.807, 2.05) is 66.7 Å². The van der Waals surface area contributed by atoms with Crippen molar-refractivity contribution in [3.05, 3.63) is 167 Å². The maximum Gasteiger partial charge on any atom is 0.261 e. The van der Waals surface area contributed by atoms with E-state index in [0.29, 0.717) is 34.5 Å². The number of hydrazone groups is 1. The number of halogens is 1. The first-order valence-corrected chi connectivity index (χ1v) is 21.4. The van der Waals surface area contributed by atoms with E-state index in [-0.39, 0.29) is 17.9 Å². The van der Waals surface area contributed by atoms with Crippen LogP contribution in [0.5, 0.6) is 0 Å². The summed E-state index contributed by atoms with van der Waals surface area (Å²) in [6.45, 7) is 2.69. The molecule has 0 spiro atoms. The SMILES string of the molecule is CCCCCCCCCCCCN1C(=O)c2cccc3c(N4N=C(c5ccc(Cl)cc5)CC4c4ccc(N(c5ccccc5)c5ccccc5)cc4)ccc(c23)C1=O. The predicted molar refractivity (Wildman–Crippen MR) is 240 cm³/mol. The van der Waals surface area contributed by atoms with Crippen LogP contribution in [0.3, 0.4) is 0 Å². The number of carbonyl (C=O) groups is 2. The Bertz CT molecular complexity index is 2320. The van der Waals surface area contributed by atoms with Gasteiger partial charge in [0, 0.05) is 56.9 Å². The molecule has 0 saturated carbocycles. The zero-order chi connectivity index (χ0) is 39.8. The average molecular weight is 787 g/mol. The van der Waals surface area contributed by atoms with Crippen LogP contribution in [0.15, 0.2) is 145 Å². The average Bonchev–Trinajstić information content (AvgIpc) is 3.71. The molecule has 0 aromatic heterocycles. The predicted octanol–water partition coefficient (Wildman–Crippen LogP) is 13.8. The minimum atomic E-state index is -0.212. The van der Waals surface area contributed by atoms with Crippen molar-refractivity contribution >= 4 is 62.6 Å². The van der Waals surface area contributed by atoms with Crippen molar-refractivity contribution in [1.29, 1.82) is 0 Å². The summed E-state index contributed by atoms with van der Waals surface area (Å²) in [4.78, 5) is 31.8. The van der Waals surface area contributed by atoms with Gasteiger partial charge in [-0.2, -0.15) is 5.10 Å². The summed E-state index contributed by atoms with van der Waals surface area (Å²) >= 11 is 6.30. The van der Waals surface area contributed by atoms with Crippen LogP contribution < -0.4 is 9.91 Å². The zero-order valence-corrected chi connectivity index (χ0v) is 34.1. The first kappa shape index (κ1) is 39.1. The Balaban J connectivity index is 1.07. The second kappa shape index (κ2) is 18.3. The third kappa shape index (κ3) is 8.30. The van der Waals surface area contributed by atoms with E-state index in [0.717, 1.165) is 64.2 Å². The molecule has 0 aliphatic carbocycles. The number of hydrogen-bond acceptors (Lipinski definition) is 5. The molecule has 6 aromatic carbocycles. The number of para-hydroxylation sites is 2. The largest absolute Gasteiger partial charge is 0.311 e. The summed E-state index contributed by atoms with van der Waals surface area (Å²) in [5, 5.41) is 9.59. The van der Waals surface area contributed by atoms with Gasteiger partial charge in [-0.1, -0.05) is 149 Å². The van der Waals surface area contributed by atoms with Gasteiger partial charge in [-0.15, -0.1) is 0 Å². The minimum absolute atomic E-state index is 0.137. The van der Waals surface area contributed by atoms with Crippen molar-refractivity contribution in [1.82, 2.24) is 4.90 Å². The van der Waals surface area contributed by atoms with Gasteiger partial charge in [0.25, 0.3) is 11.8 Å². The molecule has 0 N–H and O–H groups in total. The lowest BCUT2D eigenvalue weighted by Crippen LogP contribution is -2.41. The van der Waals surface area contributed by atoms with Gasteiger partial charge in [-0.05, 0) is 84.3 Å². The van der Waals surface area contributed by atoms with Crippen molar-refractivity contribution in [3.63, 3.8) is 0 Å². The Kier molecular flexibility index (Phi) is 12.3. The highest BCUT2D eigenvalue weighted by Crippen LogP contribution is 2.44. The highest BCUT2D eigenvalue weighted by molar-refractivity contribution is 6.30. The Morgan fingerprint density at radius 2 is 1.17 bits per heavy atom. The topological polar surface area (TPSA) is 56.2 Å². The number of nitrogens with zero attached hydrogens (tertiary/aromatic N) is 4. The number of anilines is 4. The molecule has 294 valence electrons. The smallest absolute Gasteiger partial charge is 0.261 e. The fourth-order valence-corrected chi connectivity index (χ4v) is 8.67. The quantitative estimate of drug-likeness (QED) is 0.0682. The third-order valence-corrected chi connectivity index (χ3v) is 11.9. The van der Waals surface area contributed by atoms with Gasteiger partial charge in [0.05, 0.1) is 17.4 Å². The fraction of sp³-hybridized carbons (Fsp3) is 0.275. The van der Waals surface area contributed by atoms with Gasteiger partial charge in [0.15, 0.2) is 0 Å². The van der Waals surface area contributed by atoms with Crippen molar-refractivity contribution < 1.29 is 9.59 Å². The zero-order valence-electron chi connectivity index (χ0n) is 33.3. The van der Waals surface area contributed by atoms with E-state index in [1.54, 1.807) is 0 Å². The molecule has 2 aliphatic heterocycles. The fourth-order valence-electron chi connectivity index (χ4n) is 8.55. The van der Waals surface area contributed by atoms with E-state index in [1.165, 1.54) is 49.8 Å². The summed E-state index contributed by atoms with van der Waals surface area (Å²) in [6.07, 6.45) is 12.7. The lowest BCUT2D eigenvalue weighted by molar-refractivity contribution is 0.0607. The van der Waals surface area contributed by atoms with Gasteiger partial charge >= 0.3 is 0 Å². The van der Waals surface area contributed by atoms with Gasteiger partial charge in [0.2, 0.25) is 0 Å². The molecular formula is C51H51ClN4O2. The summed E-state index contributed by atoms with van der Waals surface area (Å²) in [6, 6.07) is 46.9. The van der Waals surface area contributed by atoms with Crippen LogP contribution in [-0.4, -0.2) is 29.0 Å². The molecule has 0 saturated heterocycles. The molecule has 2 amide bonds. The number of imide groups is 1. The van der Waals surface area contributed by atoms with Gasteiger partial charge in [-0.25, -0.2) is 0 Å². The van der Waals surface area contributed by atoms with E-state index >= 15 is 0 Å². The molecular weight excluding hydrogens is 736 g/mol. The van der Waals surface area contributed by atoms with Gasteiger partial charge in [-0.3, -0.25) is 19.5 Å². The van der Waals surface area contributed by atoms with Crippen LogP contribution >= 0.6 is 11.6 Å². The van der Waals surface area contributed by atoms with Crippen molar-refractivity contribution in [2.45, 2.75) is 83.6 Å². The molecule has 1 atom stereocenters. The van der Waals surface area contributed by atoms with E-state index in [9.17, 15) is 9.59 Å². The monoisotopic (exact) mass is 786 g/mol. The first-order chi connectivity index (χ1) is 28.5. The highest BCUT2D eigenvalue weighted by Gasteiger charge is 2.36. The lowest BCUT2D eigenvalue weighted by Gasteiger charge is -2.30. The second-order valence-electron chi connectivity index (χ2n) is 15.5. The van der Waals surface area contributed by atoms with Gasteiger partial charge < -0.3 is 4.90 Å². The van der Waals surface area contributed by atoms with Crippen LogP contribution in [-0.2, 0) is 0 Å². The van der Waals surface area contributed by atoms with Crippen LogP contribution in [0.25, 0.3) is 10.8 Å². The van der Waals surface area contributed by atoms with E-state index in [2.05, 4.69) is 89.6 Å². The van der Waals surface area contributed by atoms with Crippen molar-refractivity contribution in [2.75, 3.05) is 16.5 Å². The van der Waals surface area contributed by atoms with Crippen LogP contribution in [0.1, 0.15) is 115 Å². The summed E-state index contributed by atoms with van der Waals surface area (Å²) in [5.41, 5.74) is 8.25. The van der Waals surface area contributed by atoms with Crippen molar-refractivity contribution in [2.24, 2.45) is 5.10 Å². The summed E-state index contributed by atoms with van der Waals surface area (Å²) in [7, 11) is 0. The summed E-state index contributed by atoms with van der Waals surface area (Å²) in [5.74, 6) is -0.423. The number of hydrogen-bond donors (Lipinski definition) is 0. The number of benzene rings is 6. The Labute approximate surface area is 347 Å². The summed E-state index contributed by atoms with van der Waals surface area (Å²) < 4.78 is 0. The molecule has 0 radical (unpaired) electrons. The third-order valence-electron chi connectivity index (χ3n) is 11.6. The highest BCUT2D eigenvalue weighted by atomic mass is 35.5. The molecule has 8 rings (SSSR count). The Hall–Kier alpha value is -5.72. The second-order valence-corrected chi connectivity index (χ2v) is 16.0. The molecule has 0 bridgehead atoms. The minimum Gasteiger partial charge on any atom is -0.311 e. The molecule has 2 heterocycles. The maximum absolute atomic E-state index is 14.0. The van der Waals surface area contributed by atoms with Crippen LogP contribution in [0.4, 0.5) is 22.7 Å². The van der Waals surface area contributed by atoms with Crippen molar-refractivity contribution in [3.8, 4) is 0 Å². The lowest BCUT2D eigenvalue weighted by atomic mass is 9.92. The maximum atomic E-state index is 14.0. The molecule has 6 aromatic rings. The Morgan fingerprint density at radius 1 is 0.603 bits per heavy atom. The molecule has 1 unspecified atom stereocenters. The van der Waals surface area contributed by atoms with E-state index < -0.39 is 0 Å². The normalized spacial score (nSPS) is 15.0. The number of amides is 2. The molecule has 0 fully saturated rings. The molecule has 58 heavy (non-hydrogen) atoms. The number of carbonyl (C=O) groups excluding carboxylic acids is 2. The standard InChI is InChI=1S/C51H51ClN4O2/c1-2-3-4-5-6-7-8-9-10-17-35-54-50(57)44-24-18-23-43-47(34-33-45(49(43)44)51(54)58)56-48(36-46(53-56)37-25-29-39(52)30-26-37)38-27-31-42(32-28-38)55(40-19-13-11-14-20-40)41-21-15-12-16-22-41/h11-16,18-34,48H,2-10,17,35-36H2,1H3.